The van der Waals surface area contributed by atoms with Crippen molar-refractivity contribution in [1.29, 1.82) is 0 Å². The Hall–Kier alpha value is -2.60. The quantitative estimate of drug-likeness (QED) is 0.538. The van der Waals surface area contributed by atoms with Crippen LogP contribution in [-0.2, 0) is 6.42 Å². The molecule has 2 aliphatic rings. The number of benzene rings is 3. The summed E-state index contributed by atoms with van der Waals surface area (Å²) in [5.74, 6) is 0.558. The van der Waals surface area contributed by atoms with Crippen molar-refractivity contribution >= 4 is 11.1 Å². The van der Waals surface area contributed by atoms with Gasteiger partial charge in [0.15, 0.2) is 0 Å². The fourth-order valence-corrected chi connectivity index (χ4v) is 4.59. The SMILES string of the molecule is c1ccc(C2=C(c3ccccc3)C3CCCc4cccc2c43)cc1. The Morgan fingerprint density at radius 3 is 2.12 bits per heavy atom. The van der Waals surface area contributed by atoms with Gasteiger partial charge in [-0.15, -0.1) is 0 Å². The molecule has 0 radical (unpaired) electrons. The minimum absolute atomic E-state index is 0.558. The van der Waals surface area contributed by atoms with E-state index < -0.39 is 0 Å². The fourth-order valence-electron chi connectivity index (χ4n) is 4.59. The first kappa shape index (κ1) is 13.8. The van der Waals surface area contributed by atoms with E-state index in [0.717, 1.165) is 0 Å². The van der Waals surface area contributed by atoms with Crippen molar-refractivity contribution in [2.45, 2.75) is 25.2 Å². The van der Waals surface area contributed by atoms with E-state index in [1.54, 1.807) is 11.1 Å². The Kier molecular flexibility index (Phi) is 3.16. The van der Waals surface area contributed by atoms with Crippen LogP contribution in [0.3, 0.4) is 0 Å². The van der Waals surface area contributed by atoms with E-state index in [2.05, 4.69) is 78.9 Å². The van der Waals surface area contributed by atoms with Gasteiger partial charge in [0.2, 0.25) is 0 Å². The van der Waals surface area contributed by atoms with Crippen LogP contribution in [0.25, 0.3) is 11.1 Å². The summed E-state index contributed by atoms with van der Waals surface area (Å²) in [6, 6.07) is 28.8. The molecule has 0 spiro atoms. The molecule has 0 nitrogen and oxygen atoms in total. The third kappa shape index (κ3) is 1.99. The molecule has 0 fully saturated rings. The highest BCUT2D eigenvalue weighted by molar-refractivity contribution is 6.06. The smallest absolute Gasteiger partial charge is 0.0111 e. The molecule has 0 heterocycles. The van der Waals surface area contributed by atoms with Gasteiger partial charge in [0.1, 0.15) is 0 Å². The molecule has 1 atom stereocenters. The summed E-state index contributed by atoms with van der Waals surface area (Å²) in [5.41, 5.74) is 10.3. The molecule has 24 heavy (non-hydrogen) atoms. The summed E-state index contributed by atoms with van der Waals surface area (Å²) >= 11 is 0. The average molecular weight is 308 g/mol. The van der Waals surface area contributed by atoms with Gasteiger partial charge in [-0.3, -0.25) is 0 Å². The summed E-state index contributed by atoms with van der Waals surface area (Å²) in [4.78, 5) is 0. The number of hydrogen-bond donors (Lipinski definition) is 0. The molecule has 0 saturated heterocycles. The summed E-state index contributed by atoms with van der Waals surface area (Å²) in [6.45, 7) is 0. The minimum atomic E-state index is 0.558. The first-order valence-electron chi connectivity index (χ1n) is 8.90. The van der Waals surface area contributed by atoms with E-state index in [1.807, 2.05) is 0 Å². The van der Waals surface area contributed by atoms with Crippen molar-refractivity contribution in [3.63, 3.8) is 0 Å². The van der Waals surface area contributed by atoms with Gasteiger partial charge < -0.3 is 0 Å². The number of rotatable bonds is 2. The standard InChI is InChI=1S/C24H20/c1-3-9-18(10-4-1)23-20-15-7-13-17-14-8-16-21(22(17)20)24(23)19-11-5-2-6-12-19/h1-7,9-13,15,21H,8,14,16H2. The van der Waals surface area contributed by atoms with Gasteiger partial charge in [-0.05, 0) is 58.2 Å². The van der Waals surface area contributed by atoms with E-state index >= 15 is 0 Å². The zero-order chi connectivity index (χ0) is 15.9. The Labute approximate surface area is 143 Å². The number of aryl methyl sites for hydroxylation is 1. The summed E-state index contributed by atoms with van der Waals surface area (Å²) in [5, 5.41) is 0. The second-order valence-corrected chi connectivity index (χ2v) is 6.84. The second-order valence-electron chi connectivity index (χ2n) is 6.84. The fraction of sp³-hybridized carbons (Fsp3) is 0.167. The topological polar surface area (TPSA) is 0 Å². The van der Waals surface area contributed by atoms with Crippen LogP contribution in [0.2, 0.25) is 0 Å². The molecule has 116 valence electrons. The van der Waals surface area contributed by atoms with E-state index in [4.69, 9.17) is 0 Å². The molecule has 0 aliphatic heterocycles. The van der Waals surface area contributed by atoms with Gasteiger partial charge >= 0.3 is 0 Å². The van der Waals surface area contributed by atoms with Crippen LogP contribution in [0.5, 0.6) is 0 Å². The van der Waals surface area contributed by atoms with Crippen LogP contribution in [0, 0.1) is 0 Å². The maximum atomic E-state index is 2.33. The third-order valence-corrected chi connectivity index (χ3v) is 5.52. The zero-order valence-electron chi connectivity index (χ0n) is 13.7. The lowest BCUT2D eigenvalue weighted by Gasteiger charge is -2.24. The van der Waals surface area contributed by atoms with E-state index in [0.29, 0.717) is 5.92 Å². The molecular weight excluding hydrogens is 288 g/mol. The van der Waals surface area contributed by atoms with Crippen molar-refractivity contribution in [2.24, 2.45) is 0 Å². The Balaban J connectivity index is 1.84. The van der Waals surface area contributed by atoms with Crippen LogP contribution in [0.1, 0.15) is 46.6 Å². The van der Waals surface area contributed by atoms with Gasteiger partial charge in [-0.2, -0.15) is 0 Å². The molecule has 3 aromatic rings. The first-order valence-corrected chi connectivity index (χ1v) is 8.90. The average Bonchev–Trinajstić information content (AvgIpc) is 3.00. The molecule has 0 amide bonds. The number of allylic oxidation sites excluding steroid dienone is 1. The normalized spacial score (nSPS) is 18.6. The Bertz CT molecular complexity index is 917. The van der Waals surface area contributed by atoms with Crippen molar-refractivity contribution in [2.75, 3.05) is 0 Å². The molecule has 3 aromatic carbocycles. The molecular formula is C24H20. The van der Waals surface area contributed by atoms with Crippen LogP contribution < -0.4 is 0 Å². The van der Waals surface area contributed by atoms with E-state index in [1.165, 1.54) is 47.1 Å². The summed E-state index contributed by atoms with van der Waals surface area (Å²) < 4.78 is 0. The highest BCUT2D eigenvalue weighted by atomic mass is 14.4. The van der Waals surface area contributed by atoms with Gasteiger partial charge in [-0.25, -0.2) is 0 Å². The predicted molar refractivity (Wildman–Crippen MR) is 101 cm³/mol. The summed E-state index contributed by atoms with van der Waals surface area (Å²) in [7, 11) is 0. The second kappa shape index (κ2) is 5.49. The van der Waals surface area contributed by atoms with Crippen molar-refractivity contribution in [3.8, 4) is 0 Å². The molecule has 0 N–H and O–H groups in total. The van der Waals surface area contributed by atoms with Gasteiger partial charge in [0.25, 0.3) is 0 Å². The van der Waals surface area contributed by atoms with Crippen molar-refractivity contribution in [1.82, 2.24) is 0 Å². The monoisotopic (exact) mass is 308 g/mol. The lowest BCUT2D eigenvalue weighted by molar-refractivity contribution is 0.644. The van der Waals surface area contributed by atoms with Crippen LogP contribution in [0.4, 0.5) is 0 Å². The molecule has 0 bridgehead atoms. The maximum Gasteiger partial charge on any atom is 0.0111 e. The highest BCUT2D eigenvalue weighted by Crippen LogP contribution is 2.54. The molecule has 0 heteroatoms. The lowest BCUT2D eigenvalue weighted by atomic mass is 9.79. The van der Waals surface area contributed by atoms with Crippen LogP contribution in [-0.4, -0.2) is 0 Å². The van der Waals surface area contributed by atoms with E-state index in [9.17, 15) is 0 Å². The van der Waals surface area contributed by atoms with Gasteiger partial charge in [0.05, 0.1) is 0 Å². The largest absolute Gasteiger partial charge is 0.0622 e. The van der Waals surface area contributed by atoms with Crippen molar-refractivity contribution < 1.29 is 0 Å². The zero-order valence-corrected chi connectivity index (χ0v) is 13.7. The Morgan fingerprint density at radius 1 is 0.667 bits per heavy atom. The summed E-state index contributed by atoms with van der Waals surface area (Å²) in [6.07, 6.45) is 3.79. The molecule has 1 unspecified atom stereocenters. The van der Waals surface area contributed by atoms with Crippen LogP contribution in [0.15, 0.2) is 78.9 Å². The third-order valence-electron chi connectivity index (χ3n) is 5.52. The number of hydrogen-bond acceptors (Lipinski definition) is 0. The predicted octanol–water partition coefficient (Wildman–Crippen LogP) is 6.08. The highest BCUT2D eigenvalue weighted by Gasteiger charge is 2.35. The Morgan fingerprint density at radius 2 is 1.38 bits per heavy atom. The molecule has 5 rings (SSSR count). The van der Waals surface area contributed by atoms with Crippen molar-refractivity contribution in [3.05, 3.63) is 107 Å². The van der Waals surface area contributed by atoms with Gasteiger partial charge in [0, 0.05) is 5.92 Å². The van der Waals surface area contributed by atoms with Gasteiger partial charge in [-0.1, -0.05) is 78.9 Å². The molecule has 0 aromatic heterocycles. The maximum absolute atomic E-state index is 2.33. The van der Waals surface area contributed by atoms with Crippen LogP contribution >= 0.6 is 0 Å². The van der Waals surface area contributed by atoms with E-state index in [-0.39, 0.29) is 0 Å². The molecule has 2 aliphatic carbocycles. The lowest BCUT2D eigenvalue weighted by Crippen LogP contribution is -2.09. The molecule has 0 saturated carbocycles. The minimum Gasteiger partial charge on any atom is -0.0622 e. The first-order chi connectivity index (χ1) is 11.9.